The van der Waals surface area contributed by atoms with E-state index in [-0.39, 0.29) is 29.7 Å². The molecule has 2 aromatic rings. The van der Waals surface area contributed by atoms with E-state index in [1.165, 1.54) is 25.1 Å². The minimum absolute atomic E-state index is 0.0114. The molecule has 1 fully saturated rings. The number of likely N-dealkylation sites (tertiary alicyclic amines) is 1. The third-order valence-corrected chi connectivity index (χ3v) is 5.80. The molecule has 7 nitrogen and oxygen atoms in total. The van der Waals surface area contributed by atoms with Gasteiger partial charge in [-0.3, -0.25) is 4.79 Å². The molecule has 0 saturated carbocycles. The molecule has 0 bridgehead atoms. The molecule has 2 aromatic carbocycles. The lowest BCUT2D eigenvalue weighted by Crippen LogP contribution is -2.49. The van der Waals surface area contributed by atoms with Gasteiger partial charge in [-0.25, -0.2) is 4.39 Å². The monoisotopic (exact) mass is 430 g/mol. The first-order chi connectivity index (χ1) is 14.8. The summed E-state index contributed by atoms with van der Waals surface area (Å²) in [6, 6.07) is 9.08. The fraction of sp³-hybridized carbons (Fsp3) is 0.435. The van der Waals surface area contributed by atoms with Crippen LogP contribution in [0.2, 0.25) is 0 Å². The van der Waals surface area contributed by atoms with E-state index in [0.717, 1.165) is 37.2 Å². The fourth-order valence-corrected chi connectivity index (χ4v) is 4.28. The molecule has 2 aliphatic rings. The highest BCUT2D eigenvalue weighted by atomic mass is 19.1. The summed E-state index contributed by atoms with van der Waals surface area (Å²) in [6.07, 6.45) is 1.58. The number of aliphatic hydroxyl groups is 1. The molecule has 0 radical (unpaired) electrons. The third-order valence-electron chi connectivity index (χ3n) is 5.80. The number of nitrogens with zero attached hydrogens (tertiary/aromatic N) is 1. The van der Waals surface area contributed by atoms with E-state index in [9.17, 15) is 19.4 Å². The first-order valence-corrected chi connectivity index (χ1v) is 10.4. The zero-order valence-electron chi connectivity index (χ0n) is 17.4. The van der Waals surface area contributed by atoms with Crippen LogP contribution in [0.5, 0.6) is 17.2 Å². The number of aromatic hydroxyl groups is 1. The third kappa shape index (κ3) is 5.08. The van der Waals surface area contributed by atoms with Gasteiger partial charge >= 0.3 is 0 Å². The van der Waals surface area contributed by atoms with Crippen LogP contribution in [0.1, 0.15) is 25.3 Å². The lowest BCUT2D eigenvalue weighted by molar-refractivity contribution is -0.114. The Morgan fingerprint density at radius 3 is 2.81 bits per heavy atom. The average molecular weight is 430 g/mol. The Morgan fingerprint density at radius 2 is 2.06 bits per heavy atom. The molecule has 8 heteroatoms. The number of amides is 1. The highest BCUT2D eigenvalue weighted by Crippen LogP contribution is 2.41. The van der Waals surface area contributed by atoms with Gasteiger partial charge in [0, 0.05) is 57.5 Å². The lowest BCUT2D eigenvalue weighted by Gasteiger charge is -2.39. The van der Waals surface area contributed by atoms with E-state index >= 15 is 0 Å². The maximum atomic E-state index is 13.5. The normalized spacial score (nSPS) is 18.3. The molecular weight excluding hydrogens is 403 g/mol. The van der Waals surface area contributed by atoms with Crippen LogP contribution in [-0.4, -0.2) is 59.0 Å². The Kier molecular flexibility index (Phi) is 6.02. The van der Waals surface area contributed by atoms with Gasteiger partial charge in [0.25, 0.3) is 0 Å². The minimum Gasteiger partial charge on any atom is -0.508 e. The number of carbonyl (C=O) groups is 1. The first kappa shape index (κ1) is 21.4. The number of β-amino-alcohol motifs (C(OH)–C–C–N with tert-alkyl or cyclic N) is 1. The number of fused-ring (bicyclic) bond motifs is 1. The predicted octanol–water partition coefficient (Wildman–Crippen LogP) is 2.70. The Balaban J connectivity index is 1.27. The number of piperidine rings is 1. The molecule has 1 atom stereocenters. The molecule has 0 unspecified atom stereocenters. The number of carbonyl (C=O) groups excluding carboxylic acids is 1. The van der Waals surface area contributed by atoms with Crippen molar-refractivity contribution in [2.75, 3.05) is 31.6 Å². The fourth-order valence-electron chi connectivity index (χ4n) is 4.28. The van der Waals surface area contributed by atoms with Gasteiger partial charge in [0.15, 0.2) is 0 Å². The maximum Gasteiger partial charge on any atom is 0.221 e. The van der Waals surface area contributed by atoms with E-state index in [4.69, 9.17) is 9.47 Å². The minimum atomic E-state index is -0.739. The van der Waals surface area contributed by atoms with Gasteiger partial charge in [-0.2, -0.15) is 0 Å². The summed E-state index contributed by atoms with van der Waals surface area (Å²) < 4.78 is 25.3. The van der Waals surface area contributed by atoms with E-state index in [1.807, 2.05) is 0 Å². The van der Waals surface area contributed by atoms with Crippen molar-refractivity contribution in [3.63, 3.8) is 0 Å². The number of ether oxygens (including phenoxy) is 2. The maximum absolute atomic E-state index is 13.5. The van der Waals surface area contributed by atoms with Crippen LogP contribution in [0.15, 0.2) is 36.4 Å². The van der Waals surface area contributed by atoms with Gasteiger partial charge < -0.3 is 29.9 Å². The van der Waals surface area contributed by atoms with Crippen LogP contribution in [0.4, 0.5) is 10.1 Å². The summed E-state index contributed by atoms with van der Waals surface area (Å²) in [5, 5.41) is 22.8. The predicted molar refractivity (Wildman–Crippen MR) is 113 cm³/mol. The molecule has 166 valence electrons. The average Bonchev–Trinajstić information content (AvgIpc) is 3.06. The van der Waals surface area contributed by atoms with Crippen molar-refractivity contribution in [2.24, 2.45) is 0 Å². The van der Waals surface area contributed by atoms with Gasteiger partial charge in [-0.05, 0) is 30.3 Å². The number of aliphatic hydroxyl groups excluding tert-OH is 1. The molecule has 31 heavy (non-hydrogen) atoms. The van der Waals surface area contributed by atoms with Gasteiger partial charge in [-0.15, -0.1) is 0 Å². The number of hydrogen-bond donors (Lipinski definition) is 3. The highest BCUT2D eigenvalue weighted by Gasteiger charge is 2.42. The Labute approximate surface area is 180 Å². The number of nitrogens with one attached hydrogen (secondary N) is 1. The van der Waals surface area contributed by atoms with Crippen molar-refractivity contribution < 1.29 is 28.9 Å². The Hall–Kier alpha value is -2.84. The molecule has 1 spiro atoms. The van der Waals surface area contributed by atoms with Crippen LogP contribution in [-0.2, 0) is 11.2 Å². The quantitative estimate of drug-likeness (QED) is 0.611. The number of anilines is 1. The molecule has 2 aliphatic heterocycles. The van der Waals surface area contributed by atoms with E-state index < -0.39 is 6.10 Å². The largest absolute Gasteiger partial charge is 0.508 e. The lowest BCUT2D eigenvalue weighted by atomic mass is 9.87. The standard InChI is InChI=1S/C23H27FN2O5/c1-15(27)25-20-4-3-18(28)11-22(20)30-14-19(29)13-26-8-6-23(7-9-26)12-16-10-17(24)2-5-21(16)31-23/h2-5,10-11,19,28-29H,6-9,12-14H2,1H3,(H,25,27)/t19-/m1/s1. The summed E-state index contributed by atoms with van der Waals surface area (Å²) in [5.74, 6) is 0.587. The second-order valence-corrected chi connectivity index (χ2v) is 8.34. The van der Waals surface area contributed by atoms with Gasteiger partial charge in [-0.1, -0.05) is 0 Å². The second-order valence-electron chi connectivity index (χ2n) is 8.34. The molecule has 2 heterocycles. The van der Waals surface area contributed by atoms with E-state index in [1.54, 1.807) is 18.2 Å². The molecule has 4 rings (SSSR count). The molecule has 3 N–H and O–H groups in total. The number of benzene rings is 2. The summed E-state index contributed by atoms with van der Waals surface area (Å²) in [4.78, 5) is 13.5. The summed E-state index contributed by atoms with van der Waals surface area (Å²) in [5.41, 5.74) is 1.07. The SMILES string of the molecule is CC(=O)Nc1ccc(O)cc1OC[C@H](O)CN1CCC2(CC1)Cc1cc(F)ccc1O2. The number of hydrogen-bond acceptors (Lipinski definition) is 6. The van der Waals surface area contributed by atoms with Gasteiger partial charge in [0.05, 0.1) is 5.69 Å². The zero-order chi connectivity index (χ0) is 22.0. The Bertz CT molecular complexity index is 959. The van der Waals surface area contributed by atoms with E-state index in [2.05, 4.69) is 10.2 Å². The van der Waals surface area contributed by atoms with Crippen molar-refractivity contribution in [3.05, 3.63) is 47.8 Å². The Morgan fingerprint density at radius 1 is 1.29 bits per heavy atom. The van der Waals surface area contributed by atoms with Crippen molar-refractivity contribution in [2.45, 2.75) is 37.9 Å². The first-order valence-electron chi connectivity index (χ1n) is 10.4. The summed E-state index contributed by atoms with van der Waals surface area (Å²) in [6.45, 7) is 3.37. The highest BCUT2D eigenvalue weighted by molar-refractivity contribution is 5.90. The van der Waals surface area contributed by atoms with Crippen LogP contribution in [0.3, 0.4) is 0 Å². The summed E-state index contributed by atoms with van der Waals surface area (Å²) in [7, 11) is 0. The van der Waals surface area contributed by atoms with Crippen LogP contribution in [0, 0.1) is 5.82 Å². The zero-order valence-corrected chi connectivity index (χ0v) is 17.4. The second kappa shape index (κ2) is 8.72. The van der Waals surface area contributed by atoms with Crippen molar-refractivity contribution >= 4 is 11.6 Å². The molecule has 0 aliphatic carbocycles. The van der Waals surface area contributed by atoms with Crippen molar-refractivity contribution in [1.82, 2.24) is 4.90 Å². The van der Waals surface area contributed by atoms with Crippen LogP contribution < -0.4 is 14.8 Å². The molecule has 0 aromatic heterocycles. The van der Waals surface area contributed by atoms with Crippen LogP contribution >= 0.6 is 0 Å². The smallest absolute Gasteiger partial charge is 0.221 e. The van der Waals surface area contributed by atoms with Gasteiger partial charge in [0.2, 0.25) is 5.91 Å². The molecule has 1 amide bonds. The number of phenols is 1. The van der Waals surface area contributed by atoms with E-state index in [0.29, 0.717) is 24.4 Å². The van der Waals surface area contributed by atoms with Crippen molar-refractivity contribution in [3.8, 4) is 17.2 Å². The molecule has 1 saturated heterocycles. The van der Waals surface area contributed by atoms with Crippen LogP contribution in [0.25, 0.3) is 0 Å². The van der Waals surface area contributed by atoms with Crippen molar-refractivity contribution in [1.29, 1.82) is 0 Å². The number of halogens is 1. The number of phenolic OH excluding ortho intramolecular Hbond substituents is 1. The summed E-state index contributed by atoms with van der Waals surface area (Å²) >= 11 is 0. The molecular formula is C23H27FN2O5. The van der Waals surface area contributed by atoms with Gasteiger partial charge in [0.1, 0.15) is 41.4 Å². The number of rotatable bonds is 6. The topological polar surface area (TPSA) is 91.3 Å².